The zero-order chi connectivity index (χ0) is 9.19. The predicted molar refractivity (Wildman–Crippen MR) is 45.5 cm³/mol. The highest BCUT2D eigenvalue weighted by Gasteiger charge is 2.08. The van der Waals surface area contributed by atoms with Gasteiger partial charge in [0.1, 0.15) is 5.75 Å². The molecule has 0 amide bonds. The van der Waals surface area contributed by atoms with Crippen molar-refractivity contribution in [1.29, 1.82) is 0 Å². The van der Waals surface area contributed by atoms with Crippen molar-refractivity contribution in [3.63, 3.8) is 0 Å². The Bertz CT molecular complexity index is 379. The molecule has 4 nitrogen and oxygen atoms in total. The van der Waals surface area contributed by atoms with Crippen LogP contribution in [0.25, 0.3) is 0 Å². The van der Waals surface area contributed by atoms with E-state index in [-0.39, 0.29) is 16.7 Å². The van der Waals surface area contributed by atoms with Crippen LogP contribution in [0, 0.1) is 0 Å². The average molecular weight is 227 g/mol. The van der Waals surface area contributed by atoms with Gasteiger partial charge in [0.15, 0.2) is 0 Å². The number of hydrogen-bond acceptors (Lipinski definition) is 4. The molecule has 0 atom stereocenters. The molecule has 1 heterocycles. The minimum Gasteiger partial charge on any atom is -0.227 e. The van der Waals surface area contributed by atoms with Gasteiger partial charge in [-0.25, -0.2) is 18.4 Å². The summed E-state index contributed by atoms with van der Waals surface area (Å²) in [6.45, 7) is 0. The SMILES string of the molecule is O=S(=O)(Cl)Cc1ccnc(Cl)n1. The van der Waals surface area contributed by atoms with E-state index >= 15 is 0 Å². The second kappa shape index (κ2) is 3.55. The Kier molecular flexibility index (Phi) is 2.87. The zero-order valence-electron chi connectivity index (χ0n) is 5.74. The molecule has 7 heteroatoms. The third-order valence-electron chi connectivity index (χ3n) is 1.00. The summed E-state index contributed by atoms with van der Waals surface area (Å²) in [5, 5.41) is 0.00724. The molecule has 0 bridgehead atoms. The number of halogens is 2. The Hall–Kier alpha value is -0.390. The zero-order valence-corrected chi connectivity index (χ0v) is 8.07. The smallest absolute Gasteiger partial charge is 0.227 e. The minimum atomic E-state index is -3.57. The largest absolute Gasteiger partial charge is 0.238 e. The Morgan fingerprint density at radius 3 is 2.67 bits per heavy atom. The van der Waals surface area contributed by atoms with Gasteiger partial charge in [-0.15, -0.1) is 0 Å². The van der Waals surface area contributed by atoms with Gasteiger partial charge in [-0.05, 0) is 17.7 Å². The van der Waals surface area contributed by atoms with E-state index in [1.54, 1.807) is 0 Å². The van der Waals surface area contributed by atoms with Crippen LogP contribution in [-0.2, 0) is 14.8 Å². The van der Waals surface area contributed by atoms with E-state index in [4.69, 9.17) is 22.3 Å². The fraction of sp³-hybridized carbons (Fsp3) is 0.200. The molecule has 0 aliphatic heterocycles. The van der Waals surface area contributed by atoms with Gasteiger partial charge in [-0.2, -0.15) is 0 Å². The standard InChI is InChI=1S/C5H4Cl2N2O2S/c6-5-8-2-1-4(9-5)3-12(7,10)11/h1-2H,3H2. The third-order valence-corrected chi connectivity index (χ3v) is 2.15. The van der Waals surface area contributed by atoms with E-state index in [1.165, 1.54) is 12.3 Å². The molecule has 1 aromatic rings. The Morgan fingerprint density at radius 2 is 2.17 bits per heavy atom. The number of rotatable bonds is 2. The van der Waals surface area contributed by atoms with Gasteiger partial charge in [-0.1, -0.05) is 0 Å². The van der Waals surface area contributed by atoms with Gasteiger partial charge in [0.05, 0.1) is 5.69 Å². The Balaban J connectivity index is 2.91. The van der Waals surface area contributed by atoms with Gasteiger partial charge in [0.2, 0.25) is 14.3 Å². The minimum absolute atomic E-state index is 0.00724. The van der Waals surface area contributed by atoms with Crippen molar-refractivity contribution >= 4 is 31.3 Å². The first-order valence-electron chi connectivity index (χ1n) is 2.87. The quantitative estimate of drug-likeness (QED) is 0.562. The number of aromatic nitrogens is 2. The van der Waals surface area contributed by atoms with Crippen molar-refractivity contribution in [1.82, 2.24) is 9.97 Å². The predicted octanol–water partition coefficient (Wildman–Crippen LogP) is 1.20. The maximum atomic E-state index is 10.6. The first-order valence-corrected chi connectivity index (χ1v) is 5.73. The topological polar surface area (TPSA) is 59.9 Å². The molecule has 1 rings (SSSR count). The monoisotopic (exact) mass is 226 g/mol. The highest BCUT2D eigenvalue weighted by molar-refractivity contribution is 8.13. The molecule has 0 saturated heterocycles. The maximum absolute atomic E-state index is 10.6. The average Bonchev–Trinajstić information content (AvgIpc) is 1.82. The van der Waals surface area contributed by atoms with Gasteiger partial charge < -0.3 is 0 Å². The van der Waals surface area contributed by atoms with Crippen LogP contribution in [0.2, 0.25) is 5.28 Å². The maximum Gasteiger partial charge on any atom is 0.238 e. The summed E-state index contributed by atoms with van der Waals surface area (Å²) in [7, 11) is 1.42. The van der Waals surface area contributed by atoms with Gasteiger partial charge in [-0.3, -0.25) is 0 Å². The lowest BCUT2D eigenvalue weighted by atomic mass is 10.5. The van der Waals surface area contributed by atoms with Crippen LogP contribution in [-0.4, -0.2) is 18.4 Å². The molecule has 0 radical (unpaired) electrons. The fourth-order valence-corrected chi connectivity index (χ4v) is 1.64. The molecular weight excluding hydrogens is 223 g/mol. The Morgan fingerprint density at radius 1 is 1.50 bits per heavy atom. The van der Waals surface area contributed by atoms with Crippen molar-refractivity contribution in [2.45, 2.75) is 5.75 Å². The molecule has 0 aliphatic rings. The van der Waals surface area contributed by atoms with Crippen molar-refractivity contribution in [2.24, 2.45) is 0 Å². The second-order valence-electron chi connectivity index (χ2n) is 2.00. The lowest BCUT2D eigenvalue weighted by Gasteiger charge is -1.95. The third kappa shape index (κ3) is 3.34. The summed E-state index contributed by atoms with van der Waals surface area (Å²) in [4.78, 5) is 7.24. The molecule has 0 fully saturated rings. The van der Waals surface area contributed by atoms with E-state index in [1.807, 2.05) is 0 Å². The molecule has 12 heavy (non-hydrogen) atoms. The molecule has 0 spiro atoms. The van der Waals surface area contributed by atoms with E-state index in [9.17, 15) is 8.42 Å². The van der Waals surface area contributed by atoms with Crippen LogP contribution >= 0.6 is 22.3 Å². The van der Waals surface area contributed by atoms with Crippen LogP contribution in [0.5, 0.6) is 0 Å². The highest BCUT2D eigenvalue weighted by Crippen LogP contribution is 2.08. The van der Waals surface area contributed by atoms with E-state index in [0.29, 0.717) is 0 Å². The Labute approximate surface area is 79.0 Å². The molecule has 0 aliphatic carbocycles. The highest BCUT2D eigenvalue weighted by atomic mass is 35.7. The fourth-order valence-electron chi connectivity index (χ4n) is 0.626. The summed E-state index contributed by atoms with van der Waals surface area (Å²) in [5.74, 6) is -0.337. The van der Waals surface area contributed by atoms with Crippen molar-refractivity contribution < 1.29 is 8.42 Å². The summed E-state index contributed by atoms with van der Waals surface area (Å²) in [6, 6.07) is 1.44. The van der Waals surface area contributed by atoms with Gasteiger partial charge in [0.25, 0.3) is 0 Å². The molecular formula is C5H4Cl2N2O2S. The van der Waals surface area contributed by atoms with Crippen LogP contribution in [0.4, 0.5) is 0 Å². The van der Waals surface area contributed by atoms with E-state index in [2.05, 4.69) is 9.97 Å². The van der Waals surface area contributed by atoms with Crippen molar-refractivity contribution in [2.75, 3.05) is 0 Å². The lowest BCUT2D eigenvalue weighted by Crippen LogP contribution is -1.98. The molecule has 0 unspecified atom stereocenters. The van der Waals surface area contributed by atoms with Gasteiger partial charge >= 0.3 is 0 Å². The van der Waals surface area contributed by atoms with E-state index in [0.717, 1.165) is 0 Å². The molecule has 1 aromatic heterocycles. The number of hydrogen-bond donors (Lipinski definition) is 0. The normalized spacial score (nSPS) is 11.5. The van der Waals surface area contributed by atoms with Crippen LogP contribution < -0.4 is 0 Å². The molecule has 0 saturated carbocycles. The second-order valence-corrected chi connectivity index (χ2v) is 5.12. The van der Waals surface area contributed by atoms with Crippen molar-refractivity contribution in [3.05, 3.63) is 23.2 Å². The lowest BCUT2D eigenvalue weighted by molar-refractivity contribution is 0.608. The first kappa shape index (κ1) is 9.70. The van der Waals surface area contributed by atoms with Crippen molar-refractivity contribution in [3.8, 4) is 0 Å². The summed E-state index contributed by atoms with van der Waals surface area (Å²) in [6.07, 6.45) is 1.37. The summed E-state index contributed by atoms with van der Waals surface area (Å²) < 4.78 is 21.1. The molecule has 66 valence electrons. The summed E-state index contributed by atoms with van der Waals surface area (Å²) in [5.41, 5.74) is 0.282. The summed E-state index contributed by atoms with van der Waals surface area (Å²) >= 11 is 5.41. The van der Waals surface area contributed by atoms with Crippen LogP contribution in [0.1, 0.15) is 5.69 Å². The van der Waals surface area contributed by atoms with Gasteiger partial charge in [0, 0.05) is 16.9 Å². The van der Waals surface area contributed by atoms with Crippen LogP contribution in [0.15, 0.2) is 12.3 Å². The first-order chi connectivity index (χ1) is 5.47. The van der Waals surface area contributed by atoms with Crippen LogP contribution in [0.3, 0.4) is 0 Å². The van der Waals surface area contributed by atoms with E-state index < -0.39 is 9.05 Å². The number of nitrogens with zero attached hydrogens (tertiary/aromatic N) is 2. The molecule has 0 N–H and O–H groups in total. The molecule has 0 aromatic carbocycles.